The Morgan fingerprint density at radius 3 is 2.71 bits per heavy atom. The fraction of sp³-hybridized carbons (Fsp3) is 0.0714. The van der Waals surface area contributed by atoms with E-state index in [0.29, 0.717) is 11.3 Å². The first-order valence-corrected chi connectivity index (χ1v) is 5.41. The van der Waals surface area contributed by atoms with Crippen molar-refractivity contribution in [3.8, 4) is 5.75 Å². The quantitative estimate of drug-likeness (QED) is 0.810. The number of hydrogen-bond acceptors (Lipinski definition) is 3. The van der Waals surface area contributed by atoms with E-state index in [-0.39, 0.29) is 0 Å². The van der Waals surface area contributed by atoms with Crippen LogP contribution in [0.1, 0.15) is 11.3 Å². The number of aliphatic hydroxyl groups is 1. The molecule has 1 aromatic carbocycles. The van der Waals surface area contributed by atoms with Crippen LogP contribution in [0.5, 0.6) is 5.75 Å². The van der Waals surface area contributed by atoms with Crippen LogP contribution < -0.4 is 4.74 Å². The van der Waals surface area contributed by atoms with Crippen molar-refractivity contribution in [3.05, 3.63) is 59.9 Å². The SMILES string of the molecule is OC1Oc2ccccc2C=C1c1ccccn1. The molecule has 17 heavy (non-hydrogen) atoms. The number of pyridine rings is 1. The molecule has 0 saturated carbocycles. The second kappa shape index (κ2) is 4.03. The summed E-state index contributed by atoms with van der Waals surface area (Å²) in [7, 11) is 0. The third-order valence-electron chi connectivity index (χ3n) is 2.70. The highest BCUT2D eigenvalue weighted by molar-refractivity contribution is 5.85. The summed E-state index contributed by atoms with van der Waals surface area (Å²) in [5.41, 5.74) is 2.37. The zero-order chi connectivity index (χ0) is 11.7. The average molecular weight is 225 g/mol. The van der Waals surface area contributed by atoms with Gasteiger partial charge in [0.1, 0.15) is 5.75 Å². The van der Waals surface area contributed by atoms with Gasteiger partial charge in [-0.05, 0) is 24.3 Å². The van der Waals surface area contributed by atoms with Gasteiger partial charge in [-0.1, -0.05) is 24.3 Å². The maximum atomic E-state index is 9.94. The number of hydrogen-bond donors (Lipinski definition) is 1. The third-order valence-corrected chi connectivity index (χ3v) is 2.70. The number of aromatic nitrogens is 1. The second-order valence-corrected chi connectivity index (χ2v) is 3.82. The Morgan fingerprint density at radius 1 is 1.06 bits per heavy atom. The van der Waals surface area contributed by atoms with Crippen molar-refractivity contribution in [2.24, 2.45) is 0 Å². The molecule has 2 aromatic rings. The van der Waals surface area contributed by atoms with Gasteiger partial charge in [0.05, 0.1) is 5.69 Å². The molecule has 3 rings (SSSR count). The summed E-state index contributed by atoms with van der Waals surface area (Å²) in [6.45, 7) is 0. The molecule has 1 unspecified atom stereocenters. The van der Waals surface area contributed by atoms with Crippen LogP contribution in [-0.4, -0.2) is 16.4 Å². The summed E-state index contributed by atoms with van der Waals surface area (Å²) in [5, 5.41) is 9.94. The lowest BCUT2D eigenvalue weighted by Gasteiger charge is -2.22. The number of aliphatic hydroxyl groups excluding tert-OH is 1. The number of rotatable bonds is 1. The van der Waals surface area contributed by atoms with E-state index < -0.39 is 6.29 Å². The molecule has 1 N–H and O–H groups in total. The van der Waals surface area contributed by atoms with Gasteiger partial charge in [-0.15, -0.1) is 0 Å². The maximum Gasteiger partial charge on any atom is 0.226 e. The van der Waals surface area contributed by atoms with E-state index >= 15 is 0 Å². The van der Waals surface area contributed by atoms with Crippen LogP contribution in [0.3, 0.4) is 0 Å². The molecule has 3 nitrogen and oxygen atoms in total. The highest BCUT2D eigenvalue weighted by atomic mass is 16.6. The summed E-state index contributed by atoms with van der Waals surface area (Å²) in [4.78, 5) is 4.22. The number of fused-ring (bicyclic) bond motifs is 1. The highest BCUT2D eigenvalue weighted by Gasteiger charge is 2.21. The van der Waals surface area contributed by atoms with E-state index in [0.717, 1.165) is 11.3 Å². The molecule has 3 heteroatoms. The standard InChI is InChI=1S/C14H11NO2/c16-14-11(12-6-3-4-8-15-12)9-10-5-1-2-7-13(10)17-14/h1-9,14,16H. The fourth-order valence-electron chi connectivity index (χ4n) is 1.86. The van der Waals surface area contributed by atoms with Crippen molar-refractivity contribution in [2.45, 2.75) is 6.29 Å². The first-order valence-electron chi connectivity index (χ1n) is 5.41. The summed E-state index contributed by atoms with van der Waals surface area (Å²) >= 11 is 0. The van der Waals surface area contributed by atoms with Crippen LogP contribution in [-0.2, 0) is 0 Å². The second-order valence-electron chi connectivity index (χ2n) is 3.82. The minimum Gasteiger partial charge on any atom is -0.460 e. The maximum absolute atomic E-state index is 9.94. The number of ether oxygens (including phenoxy) is 1. The number of benzene rings is 1. The molecule has 0 radical (unpaired) electrons. The predicted octanol–water partition coefficient (Wildman–Crippen LogP) is 2.33. The molecule has 1 aliphatic rings. The van der Waals surface area contributed by atoms with Gasteiger partial charge in [0, 0.05) is 17.3 Å². The normalized spacial score (nSPS) is 17.9. The molecule has 2 heterocycles. The summed E-state index contributed by atoms with van der Waals surface area (Å²) in [5.74, 6) is 0.694. The smallest absolute Gasteiger partial charge is 0.226 e. The Labute approximate surface area is 99.0 Å². The molecule has 0 spiro atoms. The van der Waals surface area contributed by atoms with E-state index in [4.69, 9.17) is 4.74 Å². The lowest BCUT2D eigenvalue weighted by atomic mass is 10.0. The molecule has 84 valence electrons. The lowest BCUT2D eigenvalue weighted by molar-refractivity contribution is 0.0317. The van der Waals surface area contributed by atoms with Gasteiger partial charge < -0.3 is 9.84 Å². The van der Waals surface area contributed by atoms with Gasteiger partial charge in [0.2, 0.25) is 6.29 Å². The molecular weight excluding hydrogens is 214 g/mol. The molecule has 1 aliphatic heterocycles. The van der Waals surface area contributed by atoms with Gasteiger partial charge >= 0.3 is 0 Å². The first kappa shape index (κ1) is 10.1. The zero-order valence-electron chi connectivity index (χ0n) is 9.08. The van der Waals surface area contributed by atoms with Crippen LogP contribution >= 0.6 is 0 Å². The Morgan fingerprint density at radius 2 is 1.88 bits per heavy atom. The minimum atomic E-state index is -0.959. The summed E-state index contributed by atoms with van der Waals surface area (Å²) < 4.78 is 5.45. The van der Waals surface area contributed by atoms with Crippen molar-refractivity contribution >= 4 is 11.6 Å². The third kappa shape index (κ3) is 1.81. The van der Waals surface area contributed by atoms with Gasteiger partial charge in [0.25, 0.3) is 0 Å². The Balaban J connectivity index is 2.10. The minimum absolute atomic E-state index is 0.685. The van der Waals surface area contributed by atoms with E-state index in [1.54, 1.807) is 6.20 Å². The molecule has 1 aromatic heterocycles. The van der Waals surface area contributed by atoms with Crippen LogP contribution in [0.4, 0.5) is 0 Å². The number of para-hydroxylation sites is 1. The van der Waals surface area contributed by atoms with Crippen LogP contribution in [0.15, 0.2) is 48.7 Å². The highest BCUT2D eigenvalue weighted by Crippen LogP contribution is 2.32. The average Bonchev–Trinajstić information content (AvgIpc) is 2.39. The summed E-state index contributed by atoms with van der Waals surface area (Å²) in [6.07, 6.45) is 2.65. The molecule has 0 saturated heterocycles. The molecule has 0 aliphatic carbocycles. The summed E-state index contributed by atoms with van der Waals surface area (Å²) in [6, 6.07) is 13.2. The van der Waals surface area contributed by atoms with Crippen LogP contribution in [0.25, 0.3) is 11.6 Å². The van der Waals surface area contributed by atoms with Crippen molar-refractivity contribution < 1.29 is 9.84 Å². The van der Waals surface area contributed by atoms with E-state index in [9.17, 15) is 5.11 Å². The van der Waals surface area contributed by atoms with Crippen LogP contribution in [0, 0.1) is 0 Å². The van der Waals surface area contributed by atoms with E-state index in [1.165, 1.54) is 0 Å². The van der Waals surface area contributed by atoms with Crippen LogP contribution in [0.2, 0.25) is 0 Å². The van der Waals surface area contributed by atoms with E-state index in [1.807, 2.05) is 48.5 Å². The fourth-order valence-corrected chi connectivity index (χ4v) is 1.86. The number of nitrogens with zero attached hydrogens (tertiary/aromatic N) is 1. The molecular formula is C14H11NO2. The molecule has 1 atom stereocenters. The molecule has 0 bridgehead atoms. The van der Waals surface area contributed by atoms with E-state index in [2.05, 4.69) is 4.98 Å². The van der Waals surface area contributed by atoms with Gasteiger partial charge in [0.15, 0.2) is 0 Å². The van der Waals surface area contributed by atoms with Gasteiger partial charge in [-0.25, -0.2) is 0 Å². The van der Waals surface area contributed by atoms with Gasteiger partial charge in [-0.2, -0.15) is 0 Å². The van der Waals surface area contributed by atoms with Crippen molar-refractivity contribution in [2.75, 3.05) is 0 Å². The topological polar surface area (TPSA) is 42.4 Å². The van der Waals surface area contributed by atoms with Crippen molar-refractivity contribution in [1.82, 2.24) is 4.98 Å². The Hall–Kier alpha value is -2.13. The monoisotopic (exact) mass is 225 g/mol. The lowest BCUT2D eigenvalue weighted by Crippen LogP contribution is -2.21. The Bertz CT molecular complexity index is 563. The zero-order valence-corrected chi connectivity index (χ0v) is 9.08. The Kier molecular flexibility index (Phi) is 2.38. The molecule has 0 amide bonds. The predicted molar refractivity (Wildman–Crippen MR) is 65.2 cm³/mol. The largest absolute Gasteiger partial charge is 0.460 e. The molecule has 0 fully saturated rings. The first-order chi connectivity index (χ1) is 8.34. The van der Waals surface area contributed by atoms with Crippen molar-refractivity contribution in [1.29, 1.82) is 0 Å². The van der Waals surface area contributed by atoms with Crippen molar-refractivity contribution in [3.63, 3.8) is 0 Å². The van der Waals surface area contributed by atoms with Gasteiger partial charge in [-0.3, -0.25) is 4.98 Å².